The number of nitrogens with zero attached hydrogens (tertiary/aromatic N) is 1. The van der Waals surface area contributed by atoms with Gasteiger partial charge in [-0.05, 0) is 43.4 Å². The highest BCUT2D eigenvalue weighted by molar-refractivity contribution is 5.63. The van der Waals surface area contributed by atoms with Gasteiger partial charge >= 0.3 is 6.18 Å². The molecular formula is C14H15F3N2. The lowest BCUT2D eigenvalue weighted by Gasteiger charge is -2.12. The first kappa shape index (κ1) is 13.6. The van der Waals surface area contributed by atoms with Gasteiger partial charge in [-0.15, -0.1) is 0 Å². The molecule has 2 rings (SSSR count). The molecule has 0 aromatic heterocycles. The predicted octanol–water partition coefficient (Wildman–Crippen LogP) is 4.46. The normalized spacial score (nSPS) is 19.8. The highest BCUT2D eigenvalue weighted by Crippen LogP contribution is 2.30. The molecule has 19 heavy (non-hydrogen) atoms. The van der Waals surface area contributed by atoms with Crippen LogP contribution >= 0.6 is 0 Å². The summed E-state index contributed by atoms with van der Waals surface area (Å²) in [6, 6.07) is 5.02. The van der Waals surface area contributed by atoms with Crippen LogP contribution in [0.5, 0.6) is 0 Å². The van der Waals surface area contributed by atoms with Gasteiger partial charge in [0.05, 0.1) is 11.3 Å². The average molecular weight is 268 g/mol. The Morgan fingerprint density at radius 2 is 2.11 bits per heavy atom. The number of alkyl halides is 3. The molecule has 0 saturated carbocycles. The van der Waals surface area contributed by atoms with Crippen molar-refractivity contribution in [2.45, 2.75) is 25.4 Å². The van der Waals surface area contributed by atoms with Gasteiger partial charge in [0.15, 0.2) is 0 Å². The largest absolute Gasteiger partial charge is 0.416 e. The molecule has 1 aliphatic carbocycles. The second-order valence-corrected chi connectivity index (χ2v) is 4.51. The van der Waals surface area contributed by atoms with Crippen LogP contribution in [-0.2, 0) is 6.18 Å². The van der Waals surface area contributed by atoms with Crippen LogP contribution in [0.25, 0.3) is 0 Å². The quantitative estimate of drug-likeness (QED) is 0.488. The minimum absolute atomic E-state index is 0.345. The van der Waals surface area contributed by atoms with E-state index in [1.54, 1.807) is 12.3 Å². The highest BCUT2D eigenvalue weighted by atomic mass is 19.4. The SMILES string of the molecule is FC(F)(F)c1cccc(NN=CC2CC=CCC2)c1. The van der Waals surface area contributed by atoms with E-state index in [4.69, 9.17) is 0 Å². The molecule has 0 fully saturated rings. The van der Waals surface area contributed by atoms with E-state index in [-0.39, 0.29) is 0 Å². The van der Waals surface area contributed by atoms with E-state index in [0.29, 0.717) is 11.6 Å². The summed E-state index contributed by atoms with van der Waals surface area (Å²) in [5.74, 6) is 0.364. The molecular weight excluding hydrogens is 253 g/mol. The minimum atomic E-state index is -4.32. The zero-order valence-electron chi connectivity index (χ0n) is 10.3. The zero-order chi connectivity index (χ0) is 13.7. The molecule has 0 saturated heterocycles. The summed E-state index contributed by atoms with van der Waals surface area (Å²) in [7, 11) is 0. The van der Waals surface area contributed by atoms with Crippen LogP contribution in [0.1, 0.15) is 24.8 Å². The summed E-state index contributed by atoms with van der Waals surface area (Å²) in [5, 5.41) is 4.01. The van der Waals surface area contributed by atoms with Gasteiger partial charge in [-0.3, -0.25) is 5.43 Å². The van der Waals surface area contributed by atoms with Gasteiger partial charge in [0, 0.05) is 6.21 Å². The maximum Gasteiger partial charge on any atom is 0.416 e. The Morgan fingerprint density at radius 1 is 1.26 bits per heavy atom. The number of rotatable bonds is 3. The third kappa shape index (κ3) is 4.12. The van der Waals surface area contributed by atoms with Crippen molar-refractivity contribution in [1.82, 2.24) is 0 Å². The van der Waals surface area contributed by atoms with Crippen molar-refractivity contribution in [1.29, 1.82) is 0 Å². The lowest BCUT2D eigenvalue weighted by atomic mass is 9.96. The molecule has 1 aromatic carbocycles. The molecule has 1 unspecified atom stereocenters. The van der Waals surface area contributed by atoms with E-state index in [1.807, 2.05) is 0 Å². The fraction of sp³-hybridized carbons (Fsp3) is 0.357. The first-order chi connectivity index (χ1) is 9.05. The van der Waals surface area contributed by atoms with Crippen LogP contribution in [0.4, 0.5) is 18.9 Å². The number of hydrazone groups is 1. The van der Waals surface area contributed by atoms with Crippen LogP contribution in [0.15, 0.2) is 41.5 Å². The van der Waals surface area contributed by atoms with Crippen molar-refractivity contribution in [2.24, 2.45) is 11.0 Å². The standard InChI is InChI=1S/C14H15F3N2/c15-14(16,17)12-7-4-8-13(9-12)19-18-10-11-5-2-1-3-6-11/h1-2,4,7-11,19H,3,5-6H2. The number of halogens is 3. The maximum atomic E-state index is 12.5. The predicted molar refractivity (Wildman–Crippen MR) is 70.0 cm³/mol. The molecule has 0 spiro atoms. The van der Waals surface area contributed by atoms with Crippen molar-refractivity contribution in [3.8, 4) is 0 Å². The number of allylic oxidation sites excluding steroid dienone is 2. The lowest BCUT2D eigenvalue weighted by molar-refractivity contribution is -0.137. The van der Waals surface area contributed by atoms with Gasteiger partial charge in [-0.25, -0.2) is 0 Å². The van der Waals surface area contributed by atoms with Crippen molar-refractivity contribution < 1.29 is 13.2 Å². The van der Waals surface area contributed by atoms with Gasteiger partial charge < -0.3 is 0 Å². The van der Waals surface area contributed by atoms with E-state index >= 15 is 0 Å². The van der Waals surface area contributed by atoms with Gasteiger partial charge in [0.1, 0.15) is 0 Å². The van der Waals surface area contributed by atoms with Crippen LogP contribution in [0.3, 0.4) is 0 Å². The van der Waals surface area contributed by atoms with E-state index in [1.165, 1.54) is 6.07 Å². The molecule has 0 radical (unpaired) electrons. The Morgan fingerprint density at radius 3 is 2.79 bits per heavy atom. The third-order valence-corrected chi connectivity index (χ3v) is 2.98. The molecule has 1 aromatic rings. The Bertz CT molecular complexity index is 478. The third-order valence-electron chi connectivity index (χ3n) is 2.98. The first-order valence-electron chi connectivity index (χ1n) is 6.17. The summed E-state index contributed by atoms with van der Waals surface area (Å²) in [6.45, 7) is 0. The molecule has 0 amide bonds. The maximum absolute atomic E-state index is 12.5. The molecule has 102 valence electrons. The second kappa shape index (κ2) is 5.91. The number of hydrogen-bond acceptors (Lipinski definition) is 2. The molecule has 1 aliphatic rings. The van der Waals surface area contributed by atoms with E-state index < -0.39 is 11.7 Å². The Balaban J connectivity index is 1.96. The smallest absolute Gasteiger partial charge is 0.279 e. The fourth-order valence-electron chi connectivity index (χ4n) is 1.93. The summed E-state index contributed by atoms with van der Waals surface area (Å²) in [6.07, 6.45) is 4.67. The molecule has 0 bridgehead atoms. The van der Waals surface area contributed by atoms with Crippen molar-refractivity contribution in [3.63, 3.8) is 0 Å². The molecule has 0 aliphatic heterocycles. The van der Waals surface area contributed by atoms with E-state index in [0.717, 1.165) is 31.4 Å². The van der Waals surface area contributed by atoms with Crippen LogP contribution in [-0.4, -0.2) is 6.21 Å². The highest BCUT2D eigenvalue weighted by Gasteiger charge is 2.30. The van der Waals surface area contributed by atoms with Crippen LogP contribution < -0.4 is 5.43 Å². The van der Waals surface area contributed by atoms with Crippen LogP contribution in [0.2, 0.25) is 0 Å². The molecule has 5 heteroatoms. The van der Waals surface area contributed by atoms with Gasteiger partial charge in [-0.2, -0.15) is 18.3 Å². The van der Waals surface area contributed by atoms with Gasteiger partial charge in [0.25, 0.3) is 0 Å². The summed E-state index contributed by atoms with van der Waals surface area (Å²) < 4.78 is 37.5. The molecule has 1 atom stereocenters. The number of nitrogens with one attached hydrogen (secondary N) is 1. The van der Waals surface area contributed by atoms with E-state index in [2.05, 4.69) is 22.7 Å². The second-order valence-electron chi connectivity index (χ2n) is 4.51. The molecule has 0 heterocycles. The first-order valence-corrected chi connectivity index (χ1v) is 6.17. The van der Waals surface area contributed by atoms with Crippen molar-refractivity contribution in [2.75, 3.05) is 5.43 Å². The fourth-order valence-corrected chi connectivity index (χ4v) is 1.93. The van der Waals surface area contributed by atoms with Crippen molar-refractivity contribution in [3.05, 3.63) is 42.0 Å². The van der Waals surface area contributed by atoms with Crippen LogP contribution in [0, 0.1) is 5.92 Å². The molecule has 1 N–H and O–H groups in total. The Hall–Kier alpha value is -1.78. The zero-order valence-corrected chi connectivity index (χ0v) is 10.3. The number of anilines is 1. The minimum Gasteiger partial charge on any atom is -0.279 e. The molecule has 2 nitrogen and oxygen atoms in total. The topological polar surface area (TPSA) is 24.4 Å². The van der Waals surface area contributed by atoms with Crippen molar-refractivity contribution >= 4 is 11.9 Å². The van der Waals surface area contributed by atoms with E-state index in [9.17, 15) is 13.2 Å². The Kier molecular flexibility index (Phi) is 4.24. The summed E-state index contributed by atoms with van der Waals surface area (Å²) >= 11 is 0. The average Bonchev–Trinajstić information content (AvgIpc) is 2.39. The number of benzene rings is 1. The Labute approximate surface area is 110 Å². The van der Waals surface area contributed by atoms with Gasteiger partial charge in [-0.1, -0.05) is 18.2 Å². The number of hydrogen-bond donors (Lipinski definition) is 1. The lowest BCUT2D eigenvalue weighted by Crippen LogP contribution is -2.06. The summed E-state index contributed by atoms with van der Waals surface area (Å²) in [5.41, 5.74) is 2.32. The monoisotopic (exact) mass is 268 g/mol. The van der Waals surface area contributed by atoms with Gasteiger partial charge in [0.2, 0.25) is 0 Å². The summed E-state index contributed by atoms with van der Waals surface area (Å²) in [4.78, 5) is 0.